The lowest BCUT2D eigenvalue weighted by Gasteiger charge is -2.05. The number of amides is 1. The van der Waals surface area contributed by atoms with Crippen molar-refractivity contribution in [2.45, 2.75) is 13.3 Å². The van der Waals surface area contributed by atoms with Gasteiger partial charge in [-0.15, -0.1) is 0 Å². The van der Waals surface area contributed by atoms with Crippen molar-refractivity contribution in [3.63, 3.8) is 0 Å². The number of nitrogens with two attached hydrogens (primary N) is 1. The molecular formula is C12H14N6O3. The summed E-state index contributed by atoms with van der Waals surface area (Å²) in [6.45, 7) is 1.89. The minimum Gasteiger partial charge on any atom is -0.384 e. The van der Waals surface area contributed by atoms with Crippen molar-refractivity contribution in [3.8, 4) is 0 Å². The molecular weight excluding hydrogens is 276 g/mol. The highest BCUT2D eigenvalue weighted by atomic mass is 16.6. The minimum atomic E-state index is -0.675. The van der Waals surface area contributed by atoms with Crippen LogP contribution in [0.4, 0.5) is 17.2 Å². The molecule has 0 unspecified atom stereocenters. The van der Waals surface area contributed by atoms with Gasteiger partial charge in [0, 0.05) is 13.2 Å². The zero-order valence-corrected chi connectivity index (χ0v) is 11.5. The molecule has 0 atom stereocenters. The van der Waals surface area contributed by atoms with Gasteiger partial charge in [-0.3, -0.25) is 19.6 Å². The van der Waals surface area contributed by atoms with Crippen LogP contribution < -0.4 is 11.1 Å². The molecule has 0 aliphatic heterocycles. The molecule has 0 aliphatic carbocycles. The van der Waals surface area contributed by atoms with Gasteiger partial charge in [-0.05, 0) is 12.5 Å². The van der Waals surface area contributed by atoms with E-state index < -0.39 is 16.5 Å². The fourth-order valence-electron chi connectivity index (χ4n) is 1.88. The Balaban J connectivity index is 2.36. The monoisotopic (exact) mass is 290 g/mol. The molecule has 0 bridgehead atoms. The summed E-state index contributed by atoms with van der Waals surface area (Å²) in [5.74, 6) is -0.592. The third kappa shape index (κ3) is 2.96. The molecule has 21 heavy (non-hydrogen) atoms. The number of hydrogen-bond donors (Lipinski definition) is 2. The zero-order valence-electron chi connectivity index (χ0n) is 11.5. The van der Waals surface area contributed by atoms with E-state index in [2.05, 4.69) is 15.4 Å². The molecule has 0 aliphatic rings. The molecule has 0 aromatic carbocycles. The number of nitrogen functional groups attached to an aromatic ring is 1. The van der Waals surface area contributed by atoms with Gasteiger partial charge in [0.05, 0.1) is 16.3 Å². The number of pyridine rings is 1. The van der Waals surface area contributed by atoms with Crippen LogP contribution in [0.5, 0.6) is 0 Å². The van der Waals surface area contributed by atoms with Crippen molar-refractivity contribution in [1.29, 1.82) is 0 Å². The Morgan fingerprint density at radius 2 is 2.29 bits per heavy atom. The van der Waals surface area contributed by atoms with Crippen LogP contribution in [0.2, 0.25) is 0 Å². The summed E-state index contributed by atoms with van der Waals surface area (Å²) in [5, 5.41) is 17.7. The number of nitrogens with zero attached hydrogens (tertiary/aromatic N) is 4. The van der Waals surface area contributed by atoms with Crippen LogP contribution in [0.15, 0.2) is 18.5 Å². The molecule has 2 aromatic heterocycles. The molecule has 0 saturated heterocycles. The smallest absolute Gasteiger partial charge is 0.300 e. The topological polar surface area (TPSA) is 129 Å². The van der Waals surface area contributed by atoms with E-state index in [0.717, 1.165) is 6.20 Å². The molecule has 0 fully saturated rings. The van der Waals surface area contributed by atoms with Crippen molar-refractivity contribution in [2.75, 3.05) is 11.1 Å². The summed E-state index contributed by atoms with van der Waals surface area (Å²) in [6, 6.07) is 1.18. The number of nitrogens with one attached hydrogen (secondary N) is 1. The maximum atomic E-state index is 12.2. The Bertz CT molecular complexity index is 709. The third-order valence-electron chi connectivity index (χ3n) is 2.83. The van der Waals surface area contributed by atoms with E-state index in [-0.39, 0.29) is 11.4 Å². The summed E-state index contributed by atoms with van der Waals surface area (Å²) in [4.78, 5) is 26.1. The Labute approximate surface area is 119 Å². The Hall–Kier alpha value is -2.97. The average Bonchev–Trinajstić information content (AvgIpc) is 2.78. The van der Waals surface area contributed by atoms with Crippen molar-refractivity contribution in [1.82, 2.24) is 14.8 Å². The predicted octanol–water partition coefficient (Wildman–Crippen LogP) is 1.12. The fraction of sp³-hybridized carbons (Fsp3) is 0.250. The molecule has 110 valence electrons. The highest BCUT2D eigenvalue weighted by molar-refractivity contribution is 6.07. The van der Waals surface area contributed by atoms with Crippen molar-refractivity contribution < 1.29 is 9.72 Å². The van der Waals surface area contributed by atoms with Crippen molar-refractivity contribution >= 4 is 23.1 Å². The molecule has 0 saturated carbocycles. The quantitative estimate of drug-likeness (QED) is 0.641. The average molecular weight is 290 g/mol. The van der Waals surface area contributed by atoms with Gasteiger partial charge in [0.1, 0.15) is 17.6 Å². The van der Waals surface area contributed by atoms with E-state index in [4.69, 9.17) is 5.73 Å². The third-order valence-corrected chi connectivity index (χ3v) is 2.83. The van der Waals surface area contributed by atoms with Crippen LogP contribution in [-0.4, -0.2) is 25.6 Å². The molecule has 9 heteroatoms. The van der Waals surface area contributed by atoms with Gasteiger partial charge in [0.15, 0.2) is 0 Å². The van der Waals surface area contributed by atoms with Gasteiger partial charge >= 0.3 is 0 Å². The number of aryl methyl sites for hydroxylation is 2. The SMILES string of the molecule is CCc1nn(C)cc1NC(=O)c1cc(N)ncc1[N+](=O)[O-]. The lowest BCUT2D eigenvalue weighted by molar-refractivity contribution is -0.385. The normalized spacial score (nSPS) is 10.4. The molecule has 2 rings (SSSR count). The number of rotatable bonds is 4. The second-order valence-corrected chi connectivity index (χ2v) is 4.35. The van der Waals surface area contributed by atoms with E-state index in [1.54, 1.807) is 17.9 Å². The molecule has 2 aromatic rings. The van der Waals surface area contributed by atoms with Gasteiger partial charge < -0.3 is 11.1 Å². The summed E-state index contributed by atoms with van der Waals surface area (Å²) in [7, 11) is 1.72. The van der Waals surface area contributed by atoms with Gasteiger partial charge in [-0.2, -0.15) is 5.10 Å². The van der Waals surface area contributed by atoms with Crippen LogP contribution >= 0.6 is 0 Å². The van der Waals surface area contributed by atoms with E-state index in [0.29, 0.717) is 17.8 Å². The number of aromatic nitrogens is 3. The van der Waals surface area contributed by atoms with E-state index in [1.165, 1.54) is 6.07 Å². The van der Waals surface area contributed by atoms with Gasteiger partial charge in [-0.1, -0.05) is 6.92 Å². The standard InChI is InChI=1S/C12H14N6O3/c1-3-8-9(6-17(2)16-8)15-12(19)7-4-11(13)14-5-10(7)18(20)21/h4-6H,3H2,1-2H3,(H2,13,14)(H,15,19). The Morgan fingerprint density at radius 1 is 1.57 bits per heavy atom. The molecule has 9 nitrogen and oxygen atoms in total. The first kappa shape index (κ1) is 14.4. The van der Waals surface area contributed by atoms with Crippen LogP contribution in [0, 0.1) is 10.1 Å². The van der Waals surface area contributed by atoms with E-state index in [1.807, 2.05) is 6.92 Å². The second-order valence-electron chi connectivity index (χ2n) is 4.35. The highest BCUT2D eigenvalue weighted by Gasteiger charge is 2.22. The Kier molecular flexibility index (Phi) is 3.83. The number of anilines is 2. The number of carbonyl (C=O) groups is 1. The summed E-state index contributed by atoms with van der Waals surface area (Å²) in [6.07, 6.45) is 3.22. The first-order valence-corrected chi connectivity index (χ1v) is 6.16. The summed E-state index contributed by atoms with van der Waals surface area (Å²) in [5.41, 5.74) is 6.15. The largest absolute Gasteiger partial charge is 0.384 e. The molecule has 0 radical (unpaired) electrons. The minimum absolute atomic E-state index is 0.0349. The van der Waals surface area contributed by atoms with Crippen molar-refractivity contribution in [3.05, 3.63) is 39.8 Å². The zero-order chi connectivity index (χ0) is 15.6. The number of carbonyl (C=O) groups excluding carboxylic acids is 1. The van der Waals surface area contributed by atoms with E-state index >= 15 is 0 Å². The molecule has 3 N–H and O–H groups in total. The summed E-state index contributed by atoms with van der Waals surface area (Å²) >= 11 is 0. The second kappa shape index (κ2) is 5.57. The Morgan fingerprint density at radius 3 is 2.90 bits per heavy atom. The van der Waals surface area contributed by atoms with Crippen LogP contribution in [-0.2, 0) is 13.5 Å². The molecule has 2 heterocycles. The van der Waals surface area contributed by atoms with Crippen LogP contribution in [0.25, 0.3) is 0 Å². The van der Waals surface area contributed by atoms with Gasteiger partial charge in [0.2, 0.25) is 0 Å². The number of nitro groups is 1. The first-order valence-electron chi connectivity index (χ1n) is 6.16. The van der Waals surface area contributed by atoms with Crippen LogP contribution in [0.3, 0.4) is 0 Å². The lowest BCUT2D eigenvalue weighted by Crippen LogP contribution is -2.15. The van der Waals surface area contributed by atoms with E-state index in [9.17, 15) is 14.9 Å². The number of hydrogen-bond acceptors (Lipinski definition) is 6. The summed E-state index contributed by atoms with van der Waals surface area (Å²) < 4.78 is 1.56. The predicted molar refractivity (Wildman–Crippen MR) is 75.8 cm³/mol. The fourth-order valence-corrected chi connectivity index (χ4v) is 1.88. The van der Waals surface area contributed by atoms with Crippen LogP contribution in [0.1, 0.15) is 23.0 Å². The van der Waals surface area contributed by atoms with Gasteiger partial charge in [-0.25, -0.2) is 4.98 Å². The van der Waals surface area contributed by atoms with Crippen molar-refractivity contribution in [2.24, 2.45) is 7.05 Å². The maximum absolute atomic E-state index is 12.2. The molecule has 1 amide bonds. The molecule has 0 spiro atoms. The first-order chi connectivity index (χ1) is 9.92. The highest BCUT2D eigenvalue weighted by Crippen LogP contribution is 2.21. The lowest BCUT2D eigenvalue weighted by atomic mass is 10.2. The van der Waals surface area contributed by atoms with Gasteiger partial charge in [0.25, 0.3) is 11.6 Å². The maximum Gasteiger partial charge on any atom is 0.300 e.